The number of hydrogen-bond acceptors (Lipinski definition) is 5. The molecule has 0 fully saturated rings. The Kier molecular flexibility index (Phi) is 6.06. The zero-order valence-electron chi connectivity index (χ0n) is 7.40. The van der Waals surface area contributed by atoms with Crippen molar-refractivity contribution in [1.29, 1.82) is 0 Å². The van der Waals surface area contributed by atoms with Gasteiger partial charge < -0.3 is 13.6 Å². The molecule has 5 nitrogen and oxygen atoms in total. The van der Waals surface area contributed by atoms with Gasteiger partial charge >= 0.3 is 7.60 Å². The molecule has 0 amide bonds. The normalized spacial score (nSPS) is 14.6. The predicted octanol–water partition coefficient (Wildman–Crippen LogP) is 1.59. The highest BCUT2D eigenvalue weighted by Gasteiger charge is 2.21. The fourth-order valence-corrected chi connectivity index (χ4v) is 3.13. The summed E-state index contributed by atoms with van der Waals surface area (Å²) < 4.78 is 36.0. The Morgan fingerprint density at radius 3 is 2.08 bits per heavy atom. The van der Waals surface area contributed by atoms with Crippen molar-refractivity contribution >= 4 is 15.6 Å². The van der Waals surface area contributed by atoms with Gasteiger partial charge in [-0.25, -0.2) is 0 Å². The van der Waals surface area contributed by atoms with Crippen molar-refractivity contribution in [2.24, 2.45) is 0 Å². The van der Waals surface area contributed by atoms with E-state index in [1.54, 1.807) is 0 Å². The molecule has 1 atom stereocenters. The molecule has 0 aliphatic heterocycles. The molecule has 0 aromatic carbocycles. The largest absolute Gasteiger partial charge is 0.334 e. The Labute approximate surface area is 72.8 Å². The summed E-state index contributed by atoms with van der Waals surface area (Å²) >= 11 is 0. The van der Waals surface area contributed by atoms with Crippen LogP contribution in [0.2, 0.25) is 0 Å². The lowest BCUT2D eigenvalue weighted by Crippen LogP contribution is -1.97. The fourth-order valence-electron chi connectivity index (χ4n) is 0.587. The van der Waals surface area contributed by atoms with E-state index in [1.165, 1.54) is 21.3 Å². The van der Waals surface area contributed by atoms with Gasteiger partial charge in [-0.05, 0) is 0 Å². The molecule has 0 radical (unpaired) electrons. The van der Waals surface area contributed by atoms with Crippen LogP contribution in [0, 0.1) is 0 Å². The lowest BCUT2D eigenvalue weighted by molar-refractivity contribution is 0.277. The molecular weight excluding hydrogens is 202 g/mol. The van der Waals surface area contributed by atoms with Crippen LogP contribution in [0.1, 0.15) is 0 Å². The van der Waals surface area contributed by atoms with Crippen molar-refractivity contribution in [2.75, 3.05) is 33.7 Å². The second kappa shape index (κ2) is 5.90. The first-order valence-corrected chi connectivity index (χ1v) is 6.60. The minimum absolute atomic E-state index is 0.131. The van der Waals surface area contributed by atoms with Gasteiger partial charge in [-0.15, -0.1) is 0 Å². The Morgan fingerprint density at radius 2 is 1.75 bits per heavy atom. The van der Waals surface area contributed by atoms with Crippen LogP contribution in [0.25, 0.3) is 0 Å². The molecule has 12 heavy (non-hydrogen) atoms. The minimum Gasteiger partial charge on any atom is -0.334 e. The van der Waals surface area contributed by atoms with Crippen LogP contribution < -0.4 is 0 Å². The molecule has 0 aliphatic rings. The molecule has 0 aromatic heterocycles. The molecule has 0 aromatic rings. The molecular formula is C5H14O5P2. The molecule has 0 saturated carbocycles. The van der Waals surface area contributed by atoms with Crippen LogP contribution in [0.15, 0.2) is 0 Å². The van der Waals surface area contributed by atoms with E-state index in [4.69, 9.17) is 0 Å². The summed E-state index contributed by atoms with van der Waals surface area (Å²) in [6.45, 7) is 0. The fraction of sp³-hybridized carbons (Fsp3) is 1.00. The summed E-state index contributed by atoms with van der Waals surface area (Å²) in [6.07, 6.45) is 0.353. The van der Waals surface area contributed by atoms with Gasteiger partial charge in [0, 0.05) is 27.5 Å². The maximum Gasteiger partial charge on any atom is 0.330 e. The molecule has 0 bridgehead atoms. The SMILES string of the molecule is CO[PH](=O)CCP(=O)(OC)OC. The van der Waals surface area contributed by atoms with E-state index in [1.807, 2.05) is 0 Å². The van der Waals surface area contributed by atoms with E-state index in [2.05, 4.69) is 13.6 Å². The monoisotopic (exact) mass is 216 g/mol. The van der Waals surface area contributed by atoms with Crippen molar-refractivity contribution in [3.63, 3.8) is 0 Å². The number of hydrogen-bond donors (Lipinski definition) is 0. The minimum atomic E-state index is -3.00. The second-order valence-electron chi connectivity index (χ2n) is 2.03. The molecule has 0 spiro atoms. The Bertz CT molecular complexity index is 184. The van der Waals surface area contributed by atoms with Crippen LogP contribution in [0.5, 0.6) is 0 Å². The van der Waals surface area contributed by atoms with Gasteiger partial charge in [-0.2, -0.15) is 0 Å². The standard InChI is InChI=1S/C5H14O5P2/c1-8-11(6)4-5-12(7,9-2)10-3/h11H,4-5H2,1-3H3. The van der Waals surface area contributed by atoms with Crippen molar-refractivity contribution < 1.29 is 22.7 Å². The quantitative estimate of drug-likeness (QED) is 0.631. The highest BCUT2D eigenvalue weighted by atomic mass is 31.2. The van der Waals surface area contributed by atoms with E-state index >= 15 is 0 Å². The molecule has 74 valence electrons. The average molecular weight is 216 g/mol. The van der Waals surface area contributed by atoms with Gasteiger partial charge in [-0.3, -0.25) is 9.13 Å². The summed E-state index contributed by atoms with van der Waals surface area (Å²) in [5.74, 6) is 0. The summed E-state index contributed by atoms with van der Waals surface area (Å²) in [6, 6.07) is 0. The lowest BCUT2D eigenvalue weighted by Gasteiger charge is -2.12. The highest BCUT2D eigenvalue weighted by Crippen LogP contribution is 2.47. The van der Waals surface area contributed by atoms with Gasteiger partial charge in [0.05, 0.1) is 6.16 Å². The van der Waals surface area contributed by atoms with Crippen LogP contribution >= 0.6 is 15.6 Å². The third-order valence-corrected chi connectivity index (χ3v) is 4.79. The highest BCUT2D eigenvalue weighted by molar-refractivity contribution is 7.54. The van der Waals surface area contributed by atoms with Crippen molar-refractivity contribution in [2.45, 2.75) is 0 Å². The van der Waals surface area contributed by atoms with Crippen LogP contribution in [-0.2, 0) is 22.7 Å². The Morgan fingerprint density at radius 1 is 1.25 bits per heavy atom. The first-order valence-electron chi connectivity index (χ1n) is 3.35. The first kappa shape index (κ1) is 12.3. The molecule has 0 heterocycles. The lowest BCUT2D eigenvalue weighted by atomic mass is 11.0. The number of rotatable bonds is 6. The second-order valence-corrected chi connectivity index (χ2v) is 6.08. The van der Waals surface area contributed by atoms with Crippen molar-refractivity contribution in [3.8, 4) is 0 Å². The Hall–Kier alpha value is 0.340. The van der Waals surface area contributed by atoms with E-state index in [9.17, 15) is 9.13 Å². The summed E-state index contributed by atoms with van der Waals surface area (Å²) in [5.41, 5.74) is 0. The molecule has 0 aliphatic carbocycles. The van der Waals surface area contributed by atoms with Gasteiger partial charge in [-0.1, -0.05) is 0 Å². The summed E-state index contributed by atoms with van der Waals surface area (Å²) in [5, 5.41) is 0. The van der Waals surface area contributed by atoms with Crippen LogP contribution in [0.4, 0.5) is 0 Å². The topological polar surface area (TPSA) is 61.8 Å². The van der Waals surface area contributed by atoms with Gasteiger partial charge in [0.1, 0.15) is 0 Å². The van der Waals surface area contributed by atoms with Gasteiger partial charge in [0.25, 0.3) is 0 Å². The van der Waals surface area contributed by atoms with Crippen LogP contribution in [-0.4, -0.2) is 33.7 Å². The van der Waals surface area contributed by atoms with E-state index in [-0.39, 0.29) is 12.3 Å². The molecule has 0 rings (SSSR count). The Balaban J connectivity index is 3.89. The molecule has 0 N–H and O–H groups in total. The third kappa shape index (κ3) is 4.39. The maximum atomic E-state index is 11.3. The molecule has 7 heteroatoms. The zero-order chi connectivity index (χ0) is 9.61. The van der Waals surface area contributed by atoms with E-state index < -0.39 is 15.6 Å². The predicted molar refractivity (Wildman–Crippen MR) is 47.4 cm³/mol. The van der Waals surface area contributed by atoms with Gasteiger partial charge in [0.2, 0.25) is 0 Å². The summed E-state index contributed by atoms with van der Waals surface area (Å²) in [4.78, 5) is 0. The molecule has 0 saturated heterocycles. The molecule has 1 unspecified atom stereocenters. The first-order chi connectivity index (χ1) is 5.58. The zero-order valence-corrected chi connectivity index (χ0v) is 9.30. The third-order valence-electron chi connectivity index (χ3n) is 1.37. The summed E-state index contributed by atoms with van der Waals surface area (Å²) in [7, 11) is -1.11. The van der Waals surface area contributed by atoms with E-state index in [0.29, 0.717) is 0 Å². The smallest absolute Gasteiger partial charge is 0.330 e. The van der Waals surface area contributed by atoms with Crippen molar-refractivity contribution in [3.05, 3.63) is 0 Å². The van der Waals surface area contributed by atoms with E-state index in [0.717, 1.165) is 0 Å². The average Bonchev–Trinajstić information content (AvgIpc) is 2.13. The maximum absolute atomic E-state index is 11.3. The van der Waals surface area contributed by atoms with Gasteiger partial charge in [0.15, 0.2) is 8.03 Å². The van der Waals surface area contributed by atoms with Crippen molar-refractivity contribution in [1.82, 2.24) is 0 Å². The van der Waals surface area contributed by atoms with Crippen LogP contribution in [0.3, 0.4) is 0 Å².